The van der Waals surface area contributed by atoms with Crippen molar-refractivity contribution in [2.24, 2.45) is 0 Å². The van der Waals surface area contributed by atoms with Gasteiger partial charge in [-0.2, -0.15) is 0 Å². The average molecular weight is 172 g/mol. The van der Waals surface area contributed by atoms with E-state index in [1.165, 1.54) is 13.0 Å². The third kappa shape index (κ3) is 1.65. The lowest BCUT2D eigenvalue weighted by Gasteiger charge is -2.28. The van der Waals surface area contributed by atoms with Gasteiger partial charge in [0.15, 0.2) is 11.5 Å². The van der Waals surface area contributed by atoms with Gasteiger partial charge < -0.3 is 14.9 Å². The maximum absolute atomic E-state index is 10.8. The Labute approximate surface area is 70.5 Å². The molecule has 0 spiro atoms. The first-order chi connectivity index (χ1) is 5.52. The van der Waals surface area contributed by atoms with Crippen molar-refractivity contribution >= 4 is 5.78 Å². The van der Waals surface area contributed by atoms with Crippen LogP contribution in [0.1, 0.15) is 13.8 Å². The van der Waals surface area contributed by atoms with E-state index < -0.39 is 18.3 Å². The molecule has 0 aromatic heterocycles. The van der Waals surface area contributed by atoms with Gasteiger partial charge in [-0.15, -0.1) is 0 Å². The van der Waals surface area contributed by atoms with E-state index in [2.05, 4.69) is 0 Å². The van der Waals surface area contributed by atoms with Crippen molar-refractivity contribution in [3.63, 3.8) is 0 Å². The van der Waals surface area contributed by atoms with Crippen LogP contribution in [0.25, 0.3) is 0 Å². The van der Waals surface area contributed by atoms with Crippen LogP contribution in [0.4, 0.5) is 0 Å². The Bertz CT molecular complexity index is 221. The number of carbonyl (C=O) groups excluding carboxylic acids is 1. The minimum absolute atomic E-state index is 0.125. The molecule has 0 aliphatic carbocycles. The highest BCUT2D eigenvalue weighted by molar-refractivity contribution is 5.91. The monoisotopic (exact) mass is 172 g/mol. The zero-order valence-corrected chi connectivity index (χ0v) is 7.02. The van der Waals surface area contributed by atoms with Crippen LogP contribution in [-0.2, 0) is 9.53 Å². The Morgan fingerprint density at radius 1 is 1.58 bits per heavy atom. The first-order valence-electron chi connectivity index (χ1n) is 3.78. The summed E-state index contributed by atoms with van der Waals surface area (Å²) in [5.41, 5.74) is 0. The lowest BCUT2D eigenvalue weighted by Crippen LogP contribution is -2.40. The molecule has 0 saturated heterocycles. The minimum atomic E-state index is -1.01. The van der Waals surface area contributed by atoms with Crippen LogP contribution in [0.2, 0.25) is 0 Å². The molecule has 1 rings (SSSR count). The summed E-state index contributed by atoms with van der Waals surface area (Å²) in [7, 11) is 0. The van der Waals surface area contributed by atoms with Gasteiger partial charge in [-0.1, -0.05) is 0 Å². The zero-order chi connectivity index (χ0) is 9.30. The van der Waals surface area contributed by atoms with Crippen LogP contribution in [-0.4, -0.2) is 34.3 Å². The van der Waals surface area contributed by atoms with Gasteiger partial charge in [0.25, 0.3) is 0 Å². The van der Waals surface area contributed by atoms with Crippen molar-refractivity contribution in [3.05, 3.63) is 11.8 Å². The van der Waals surface area contributed by atoms with E-state index in [-0.39, 0.29) is 11.5 Å². The second-order valence-corrected chi connectivity index (χ2v) is 2.89. The maximum atomic E-state index is 10.8. The SMILES string of the molecule is CC(=O)C1=C[C@H](O)[C@@H](O)[C@H](C)O1. The molecule has 2 N–H and O–H groups in total. The van der Waals surface area contributed by atoms with Crippen molar-refractivity contribution in [2.45, 2.75) is 32.2 Å². The quantitative estimate of drug-likeness (QED) is 0.564. The Morgan fingerprint density at radius 3 is 2.58 bits per heavy atom. The molecule has 4 heteroatoms. The third-order valence-corrected chi connectivity index (χ3v) is 1.81. The van der Waals surface area contributed by atoms with Crippen LogP contribution in [0.3, 0.4) is 0 Å². The van der Waals surface area contributed by atoms with Crippen LogP contribution in [0.5, 0.6) is 0 Å². The lowest BCUT2D eigenvalue weighted by atomic mass is 10.0. The van der Waals surface area contributed by atoms with Gasteiger partial charge in [0.1, 0.15) is 18.3 Å². The summed E-state index contributed by atoms with van der Waals surface area (Å²) < 4.78 is 5.03. The molecule has 1 heterocycles. The van der Waals surface area contributed by atoms with E-state index >= 15 is 0 Å². The fourth-order valence-electron chi connectivity index (χ4n) is 1.04. The van der Waals surface area contributed by atoms with Gasteiger partial charge in [0, 0.05) is 6.92 Å². The van der Waals surface area contributed by atoms with E-state index in [0.29, 0.717) is 0 Å². The van der Waals surface area contributed by atoms with Crippen molar-refractivity contribution in [1.29, 1.82) is 0 Å². The molecule has 4 nitrogen and oxygen atoms in total. The number of aliphatic hydroxyl groups is 2. The van der Waals surface area contributed by atoms with Gasteiger partial charge in [-0.3, -0.25) is 4.79 Å². The summed E-state index contributed by atoms with van der Waals surface area (Å²) >= 11 is 0. The number of hydrogen-bond acceptors (Lipinski definition) is 4. The summed E-state index contributed by atoms with van der Waals surface area (Å²) in [6, 6.07) is 0. The summed E-state index contributed by atoms with van der Waals surface area (Å²) in [6.45, 7) is 2.95. The van der Waals surface area contributed by atoms with Crippen LogP contribution < -0.4 is 0 Å². The number of ether oxygens (including phenoxy) is 1. The molecule has 0 aromatic carbocycles. The van der Waals surface area contributed by atoms with E-state index in [0.717, 1.165) is 0 Å². The summed E-state index contributed by atoms with van der Waals surface area (Å²) in [4.78, 5) is 10.8. The number of ketones is 1. The average Bonchev–Trinajstić information content (AvgIpc) is 1.99. The Morgan fingerprint density at radius 2 is 2.17 bits per heavy atom. The normalized spacial score (nSPS) is 35.3. The predicted molar refractivity (Wildman–Crippen MR) is 41.3 cm³/mol. The first kappa shape index (κ1) is 9.22. The molecular formula is C8H12O4. The number of rotatable bonds is 1. The molecule has 1 aliphatic heterocycles. The van der Waals surface area contributed by atoms with E-state index in [9.17, 15) is 15.0 Å². The van der Waals surface area contributed by atoms with E-state index in [1.807, 2.05) is 0 Å². The van der Waals surface area contributed by atoms with Crippen LogP contribution in [0.15, 0.2) is 11.8 Å². The predicted octanol–water partition coefficient (Wildman–Crippen LogP) is -0.400. The largest absolute Gasteiger partial charge is 0.484 e. The molecule has 68 valence electrons. The summed E-state index contributed by atoms with van der Waals surface area (Å²) in [5.74, 6) is -0.117. The number of Topliss-reactive ketones (excluding diaryl/α,β-unsaturated/α-hetero) is 1. The Kier molecular flexibility index (Phi) is 2.49. The van der Waals surface area contributed by atoms with Crippen molar-refractivity contribution in [3.8, 4) is 0 Å². The molecule has 0 bridgehead atoms. The van der Waals surface area contributed by atoms with Crippen molar-refractivity contribution in [1.82, 2.24) is 0 Å². The zero-order valence-electron chi connectivity index (χ0n) is 7.02. The molecule has 0 fully saturated rings. The molecule has 12 heavy (non-hydrogen) atoms. The fourth-order valence-corrected chi connectivity index (χ4v) is 1.04. The molecule has 0 saturated carbocycles. The van der Waals surface area contributed by atoms with Crippen LogP contribution >= 0.6 is 0 Å². The van der Waals surface area contributed by atoms with Gasteiger partial charge in [0.2, 0.25) is 0 Å². The highest BCUT2D eigenvalue weighted by atomic mass is 16.5. The van der Waals surface area contributed by atoms with Gasteiger partial charge in [0.05, 0.1) is 0 Å². The standard InChI is InChI=1S/C8H12O4/c1-4(9)7-3-6(10)8(11)5(2)12-7/h3,5-6,8,10-11H,1-2H3/t5-,6-,8-/m0/s1. The molecular weight excluding hydrogens is 160 g/mol. The number of hydrogen-bond donors (Lipinski definition) is 2. The molecule has 3 atom stereocenters. The summed E-state index contributed by atoms with van der Waals surface area (Å²) in [5, 5.41) is 18.4. The Balaban J connectivity index is 2.81. The summed E-state index contributed by atoms with van der Waals surface area (Å²) in [6.07, 6.45) is -1.27. The van der Waals surface area contributed by atoms with Gasteiger partial charge in [-0.25, -0.2) is 0 Å². The highest BCUT2D eigenvalue weighted by Crippen LogP contribution is 2.17. The van der Waals surface area contributed by atoms with E-state index in [1.54, 1.807) is 6.92 Å². The number of allylic oxidation sites excluding steroid dienone is 1. The first-order valence-corrected chi connectivity index (χ1v) is 3.78. The molecule has 0 unspecified atom stereocenters. The topological polar surface area (TPSA) is 66.8 Å². The third-order valence-electron chi connectivity index (χ3n) is 1.81. The minimum Gasteiger partial charge on any atom is -0.484 e. The molecule has 1 aliphatic rings. The van der Waals surface area contributed by atoms with Crippen molar-refractivity contribution in [2.75, 3.05) is 0 Å². The fraction of sp³-hybridized carbons (Fsp3) is 0.625. The molecule has 0 radical (unpaired) electrons. The van der Waals surface area contributed by atoms with Gasteiger partial charge in [-0.05, 0) is 13.0 Å². The number of carbonyl (C=O) groups is 1. The lowest BCUT2D eigenvalue weighted by molar-refractivity contribution is -0.123. The number of aliphatic hydroxyl groups excluding tert-OH is 2. The molecule has 0 amide bonds. The smallest absolute Gasteiger partial charge is 0.194 e. The second kappa shape index (κ2) is 3.25. The highest BCUT2D eigenvalue weighted by Gasteiger charge is 2.30. The van der Waals surface area contributed by atoms with E-state index in [4.69, 9.17) is 4.74 Å². The maximum Gasteiger partial charge on any atom is 0.194 e. The second-order valence-electron chi connectivity index (χ2n) is 2.89. The van der Waals surface area contributed by atoms with Crippen LogP contribution in [0, 0.1) is 0 Å². The molecule has 0 aromatic rings. The Hall–Kier alpha value is -0.870. The van der Waals surface area contributed by atoms with Crippen molar-refractivity contribution < 1.29 is 19.7 Å². The van der Waals surface area contributed by atoms with Gasteiger partial charge >= 0.3 is 0 Å².